The number of halogens is 4. The molecule has 0 aliphatic carbocycles. The molecule has 5 rings (SSSR count). The number of aromatic nitrogens is 1. The minimum Gasteiger partial charge on any atom is -0.369 e. The van der Waals surface area contributed by atoms with E-state index >= 15 is 0 Å². The van der Waals surface area contributed by atoms with Crippen molar-refractivity contribution in [3.05, 3.63) is 69.6 Å². The van der Waals surface area contributed by atoms with Crippen molar-refractivity contribution in [3.8, 4) is 0 Å². The van der Waals surface area contributed by atoms with Crippen molar-refractivity contribution >= 4 is 40.0 Å². The molecule has 0 unspecified atom stereocenters. The molecule has 10 heteroatoms. The highest BCUT2D eigenvalue weighted by molar-refractivity contribution is 7.97. The molecule has 2 aliphatic heterocycles. The van der Waals surface area contributed by atoms with Crippen LogP contribution in [0.1, 0.15) is 18.4 Å². The van der Waals surface area contributed by atoms with Gasteiger partial charge in [-0.05, 0) is 60.5 Å². The van der Waals surface area contributed by atoms with Gasteiger partial charge in [-0.3, -0.25) is 9.69 Å². The van der Waals surface area contributed by atoms with Gasteiger partial charge in [0.25, 0.3) is 5.56 Å². The number of fused-ring (bicyclic) bond motifs is 1. The fourth-order valence-electron chi connectivity index (χ4n) is 5.01. The molecule has 3 aromatic rings. The molecule has 0 spiro atoms. The Labute approximate surface area is 211 Å². The monoisotopic (exact) mass is 522 g/mol. The van der Waals surface area contributed by atoms with Crippen molar-refractivity contribution in [3.63, 3.8) is 0 Å². The van der Waals surface area contributed by atoms with Crippen LogP contribution in [0, 0.1) is 0 Å². The number of piperidine rings is 1. The predicted molar refractivity (Wildman–Crippen MR) is 135 cm³/mol. The number of pyridine rings is 1. The quantitative estimate of drug-likeness (QED) is 0.459. The van der Waals surface area contributed by atoms with E-state index in [0.29, 0.717) is 16.5 Å². The Morgan fingerprint density at radius 2 is 1.69 bits per heavy atom. The number of alkyl halides is 3. The minimum atomic E-state index is -4.34. The van der Waals surface area contributed by atoms with Crippen LogP contribution in [0.15, 0.2) is 58.4 Å². The molecule has 0 bridgehead atoms. The van der Waals surface area contributed by atoms with E-state index in [0.717, 1.165) is 69.3 Å². The van der Waals surface area contributed by atoms with E-state index in [4.69, 9.17) is 11.6 Å². The summed E-state index contributed by atoms with van der Waals surface area (Å²) in [5.41, 5.74) is 0.263. The molecule has 2 aromatic carbocycles. The van der Waals surface area contributed by atoms with Gasteiger partial charge in [-0.15, -0.1) is 0 Å². The Kier molecular flexibility index (Phi) is 7.03. The summed E-state index contributed by atoms with van der Waals surface area (Å²) in [6, 6.07) is 12.0. The number of piperazine rings is 1. The third kappa shape index (κ3) is 5.33. The molecule has 2 saturated heterocycles. The molecule has 2 aliphatic rings. The lowest BCUT2D eigenvalue weighted by Crippen LogP contribution is -2.52. The standard InChI is InChI=1S/C25H26ClF3N4OS/c26-21-16-19(15-17-5-8-30-24(34)23(17)21)32-13-11-31(12-14-32)18-6-9-33(10-7-18)35-22-4-2-1-3-20(22)25(27,28)29/h1-5,8,15-16,18H,6-7,9-14H2,(H,30,34). The van der Waals surface area contributed by atoms with Gasteiger partial charge in [0, 0.05) is 62.1 Å². The van der Waals surface area contributed by atoms with E-state index in [-0.39, 0.29) is 10.5 Å². The number of H-pyrrole nitrogens is 1. The average Bonchev–Trinajstić information content (AvgIpc) is 2.84. The van der Waals surface area contributed by atoms with Gasteiger partial charge in [-0.25, -0.2) is 4.31 Å². The van der Waals surface area contributed by atoms with Crippen LogP contribution in [0.4, 0.5) is 18.9 Å². The molecule has 35 heavy (non-hydrogen) atoms. The molecule has 3 heterocycles. The van der Waals surface area contributed by atoms with Crippen LogP contribution in [0.3, 0.4) is 0 Å². The molecule has 1 N–H and O–H groups in total. The van der Waals surface area contributed by atoms with E-state index in [9.17, 15) is 18.0 Å². The highest BCUT2D eigenvalue weighted by Crippen LogP contribution is 2.38. The van der Waals surface area contributed by atoms with Crippen molar-refractivity contribution < 1.29 is 13.2 Å². The highest BCUT2D eigenvalue weighted by Gasteiger charge is 2.34. The number of anilines is 1. The predicted octanol–water partition coefficient (Wildman–Crippen LogP) is 5.49. The van der Waals surface area contributed by atoms with Gasteiger partial charge in [0.15, 0.2) is 0 Å². The highest BCUT2D eigenvalue weighted by atomic mass is 35.5. The zero-order chi connectivity index (χ0) is 24.6. The number of nitrogens with zero attached hydrogens (tertiary/aromatic N) is 3. The van der Waals surface area contributed by atoms with Crippen LogP contribution in [0.5, 0.6) is 0 Å². The van der Waals surface area contributed by atoms with E-state index in [1.54, 1.807) is 18.3 Å². The number of aromatic amines is 1. The van der Waals surface area contributed by atoms with Crippen molar-refractivity contribution in [2.45, 2.75) is 30.0 Å². The summed E-state index contributed by atoms with van der Waals surface area (Å²) in [6.07, 6.45) is -0.834. The first-order chi connectivity index (χ1) is 16.8. The second-order valence-corrected chi connectivity index (χ2v) is 10.5. The first kappa shape index (κ1) is 24.5. The first-order valence-electron chi connectivity index (χ1n) is 11.7. The molecule has 0 radical (unpaired) electrons. The van der Waals surface area contributed by atoms with E-state index in [1.165, 1.54) is 18.0 Å². The zero-order valence-corrected chi connectivity index (χ0v) is 20.6. The Bertz CT molecular complexity index is 1250. The van der Waals surface area contributed by atoms with Crippen LogP contribution in [0.2, 0.25) is 5.02 Å². The fraction of sp³-hybridized carbons (Fsp3) is 0.400. The number of hydrogen-bond acceptors (Lipinski definition) is 5. The maximum Gasteiger partial charge on any atom is 0.417 e. The third-order valence-corrected chi connectivity index (χ3v) is 8.32. The van der Waals surface area contributed by atoms with Gasteiger partial charge in [0.05, 0.1) is 16.0 Å². The average molecular weight is 523 g/mol. The van der Waals surface area contributed by atoms with Crippen molar-refractivity contribution in [1.29, 1.82) is 0 Å². The Morgan fingerprint density at radius 1 is 0.971 bits per heavy atom. The maximum absolute atomic E-state index is 13.3. The third-order valence-electron chi connectivity index (χ3n) is 6.85. The van der Waals surface area contributed by atoms with Gasteiger partial charge < -0.3 is 9.88 Å². The van der Waals surface area contributed by atoms with Crippen molar-refractivity contribution in [2.24, 2.45) is 0 Å². The molecule has 1 aromatic heterocycles. The summed E-state index contributed by atoms with van der Waals surface area (Å²) in [7, 11) is 0. The van der Waals surface area contributed by atoms with Gasteiger partial charge in [-0.2, -0.15) is 13.2 Å². The van der Waals surface area contributed by atoms with Crippen molar-refractivity contribution in [1.82, 2.24) is 14.2 Å². The van der Waals surface area contributed by atoms with Gasteiger partial charge >= 0.3 is 6.18 Å². The normalized spacial score (nSPS) is 18.9. The number of benzene rings is 2. The lowest BCUT2D eigenvalue weighted by atomic mass is 10.0. The summed E-state index contributed by atoms with van der Waals surface area (Å²) >= 11 is 7.63. The summed E-state index contributed by atoms with van der Waals surface area (Å²) < 4.78 is 42.0. The molecule has 186 valence electrons. The fourth-order valence-corrected chi connectivity index (χ4v) is 6.41. The minimum absolute atomic E-state index is 0.185. The van der Waals surface area contributed by atoms with Crippen molar-refractivity contribution in [2.75, 3.05) is 44.2 Å². The van der Waals surface area contributed by atoms with Crippen LogP contribution in [0.25, 0.3) is 10.8 Å². The Balaban J connectivity index is 1.16. The molecular weight excluding hydrogens is 497 g/mol. The van der Waals surface area contributed by atoms with E-state index < -0.39 is 11.7 Å². The van der Waals surface area contributed by atoms with Gasteiger partial charge in [-0.1, -0.05) is 23.7 Å². The van der Waals surface area contributed by atoms with E-state index in [1.807, 2.05) is 18.2 Å². The van der Waals surface area contributed by atoms with Gasteiger partial charge in [0.2, 0.25) is 0 Å². The van der Waals surface area contributed by atoms with Crippen LogP contribution in [-0.2, 0) is 6.18 Å². The van der Waals surface area contributed by atoms with E-state index in [2.05, 4.69) is 19.1 Å². The van der Waals surface area contributed by atoms with Crippen LogP contribution < -0.4 is 10.5 Å². The molecular formula is C25H26ClF3N4OS. The van der Waals surface area contributed by atoms with Crippen LogP contribution in [-0.4, -0.2) is 59.5 Å². The van der Waals surface area contributed by atoms with Crippen LogP contribution >= 0.6 is 23.5 Å². The SMILES string of the molecule is O=c1[nH]ccc2cc(N3CCN(C4CCN(Sc5ccccc5C(F)(F)F)CC4)CC3)cc(Cl)c12. The molecule has 0 saturated carbocycles. The summed E-state index contributed by atoms with van der Waals surface area (Å²) in [5, 5.41) is 1.80. The number of nitrogens with one attached hydrogen (secondary N) is 1. The number of rotatable bonds is 4. The Morgan fingerprint density at radius 3 is 2.40 bits per heavy atom. The molecule has 2 fully saturated rings. The molecule has 5 nitrogen and oxygen atoms in total. The van der Waals surface area contributed by atoms with Gasteiger partial charge in [0.1, 0.15) is 0 Å². The first-order valence-corrected chi connectivity index (χ1v) is 12.8. The topological polar surface area (TPSA) is 42.6 Å². The maximum atomic E-state index is 13.3. The molecule has 0 atom stereocenters. The summed E-state index contributed by atoms with van der Waals surface area (Å²) in [6.45, 7) is 5.07. The number of hydrogen-bond donors (Lipinski definition) is 1. The Hall–Kier alpha value is -2.20. The lowest BCUT2D eigenvalue weighted by molar-refractivity contribution is -0.139. The zero-order valence-electron chi connectivity index (χ0n) is 19.0. The summed E-state index contributed by atoms with van der Waals surface area (Å²) in [5.74, 6) is 0. The largest absolute Gasteiger partial charge is 0.417 e. The smallest absolute Gasteiger partial charge is 0.369 e. The molecule has 0 amide bonds. The lowest BCUT2D eigenvalue weighted by Gasteiger charge is -2.43. The second kappa shape index (κ2) is 10.0. The summed E-state index contributed by atoms with van der Waals surface area (Å²) in [4.78, 5) is 19.8. The second-order valence-electron chi connectivity index (χ2n) is 8.97.